The van der Waals surface area contributed by atoms with Gasteiger partial charge in [0.2, 0.25) is 0 Å². The highest BCUT2D eigenvalue weighted by molar-refractivity contribution is 14.1. The summed E-state index contributed by atoms with van der Waals surface area (Å²) in [6, 6.07) is 0.238. The minimum atomic E-state index is -0.410. The van der Waals surface area contributed by atoms with Crippen LogP contribution in [0.1, 0.15) is 27.2 Å². The van der Waals surface area contributed by atoms with E-state index in [1.165, 1.54) is 0 Å². The Hall–Kier alpha value is -0.0400. The van der Waals surface area contributed by atoms with Crippen LogP contribution in [0.4, 0.5) is 4.79 Å². The maximum absolute atomic E-state index is 11.4. The van der Waals surface area contributed by atoms with E-state index in [1.54, 1.807) is 0 Å². The quantitative estimate of drug-likeness (QED) is 0.594. The lowest BCUT2D eigenvalue weighted by atomic mass is 10.2. The van der Waals surface area contributed by atoms with Crippen LogP contribution in [0.2, 0.25) is 0 Å². The molecule has 14 heavy (non-hydrogen) atoms. The molecule has 0 aromatic heterocycles. The second-order valence-electron chi connectivity index (χ2n) is 4.50. The fraction of sp³-hybridized carbons (Fsp3) is 0.889. The number of ether oxygens (including phenoxy) is 1. The van der Waals surface area contributed by atoms with Crippen molar-refractivity contribution in [3.05, 3.63) is 0 Å². The van der Waals surface area contributed by atoms with Gasteiger partial charge in [-0.15, -0.1) is 0 Å². The van der Waals surface area contributed by atoms with Crippen molar-refractivity contribution in [2.45, 2.75) is 38.8 Å². The number of carbonyl (C=O) groups is 1. The summed E-state index contributed by atoms with van der Waals surface area (Å²) >= 11 is 2.26. The number of alkyl carbamates (subject to hydrolysis) is 1. The summed E-state index contributed by atoms with van der Waals surface area (Å²) in [6.45, 7) is 7.53. The Bertz CT molecular complexity index is 215. The van der Waals surface area contributed by atoms with Crippen molar-refractivity contribution in [1.82, 2.24) is 8.43 Å². The number of halogens is 1. The Morgan fingerprint density at radius 1 is 1.57 bits per heavy atom. The van der Waals surface area contributed by atoms with Gasteiger partial charge in [-0.3, -0.25) is 0 Å². The summed E-state index contributed by atoms with van der Waals surface area (Å²) in [6.07, 6.45) is 0.691. The van der Waals surface area contributed by atoms with Crippen molar-refractivity contribution in [1.29, 1.82) is 0 Å². The predicted octanol–water partition coefficient (Wildman–Crippen LogP) is 1.94. The SMILES string of the molecule is CC(C)(C)OC(=O)NC1CCN(I)C1. The molecule has 1 aliphatic heterocycles. The number of hydrogen-bond acceptors (Lipinski definition) is 3. The first kappa shape index (κ1) is 12.0. The highest BCUT2D eigenvalue weighted by atomic mass is 127. The van der Waals surface area contributed by atoms with Crippen molar-refractivity contribution in [2.75, 3.05) is 13.1 Å². The van der Waals surface area contributed by atoms with Gasteiger partial charge < -0.3 is 10.1 Å². The van der Waals surface area contributed by atoms with Crippen LogP contribution in [0.5, 0.6) is 0 Å². The molecule has 0 aromatic carbocycles. The second kappa shape index (κ2) is 4.65. The fourth-order valence-corrected chi connectivity index (χ4v) is 2.06. The lowest BCUT2D eigenvalue weighted by Gasteiger charge is -2.21. The highest BCUT2D eigenvalue weighted by Crippen LogP contribution is 2.14. The molecule has 0 saturated carbocycles. The highest BCUT2D eigenvalue weighted by Gasteiger charge is 2.24. The molecule has 1 N–H and O–H groups in total. The van der Waals surface area contributed by atoms with Gasteiger partial charge in [-0.1, -0.05) is 0 Å². The largest absolute Gasteiger partial charge is 0.444 e. The number of rotatable bonds is 1. The van der Waals surface area contributed by atoms with Crippen LogP contribution in [0.15, 0.2) is 0 Å². The molecular weight excluding hydrogens is 295 g/mol. The van der Waals surface area contributed by atoms with Gasteiger partial charge in [0.1, 0.15) is 5.60 Å². The predicted molar refractivity (Wildman–Crippen MR) is 63.4 cm³/mol. The molecule has 1 saturated heterocycles. The number of nitrogens with one attached hydrogen (secondary N) is 1. The maximum atomic E-state index is 11.4. The standard InChI is InChI=1S/C9H17IN2O2/c1-9(2,3)14-8(13)11-7-4-5-12(10)6-7/h7H,4-6H2,1-3H3,(H,11,13). The lowest BCUT2D eigenvalue weighted by molar-refractivity contribution is 0.0508. The first-order valence-electron chi connectivity index (χ1n) is 4.77. The van der Waals surface area contributed by atoms with Gasteiger partial charge in [-0.25, -0.2) is 7.91 Å². The summed E-state index contributed by atoms with van der Waals surface area (Å²) in [7, 11) is 0. The molecule has 0 radical (unpaired) electrons. The van der Waals surface area contributed by atoms with Crippen LogP contribution < -0.4 is 5.32 Å². The number of hydrogen-bond donors (Lipinski definition) is 1. The molecule has 4 nitrogen and oxygen atoms in total. The minimum Gasteiger partial charge on any atom is -0.444 e. The molecule has 1 fully saturated rings. The van der Waals surface area contributed by atoms with Gasteiger partial charge in [0.25, 0.3) is 0 Å². The van der Waals surface area contributed by atoms with Gasteiger partial charge in [0, 0.05) is 42.0 Å². The van der Waals surface area contributed by atoms with Crippen molar-refractivity contribution in [3.63, 3.8) is 0 Å². The first-order chi connectivity index (χ1) is 6.37. The number of carbonyl (C=O) groups excluding carboxylic acids is 1. The number of amides is 1. The van der Waals surface area contributed by atoms with Gasteiger partial charge in [0.15, 0.2) is 0 Å². The molecule has 0 spiro atoms. The molecule has 0 aromatic rings. The van der Waals surface area contributed by atoms with E-state index >= 15 is 0 Å². The Balaban J connectivity index is 2.27. The zero-order chi connectivity index (χ0) is 10.8. The monoisotopic (exact) mass is 312 g/mol. The van der Waals surface area contributed by atoms with Crippen LogP contribution in [-0.4, -0.2) is 33.9 Å². The van der Waals surface area contributed by atoms with E-state index in [4.69, 9.17) is 4.74 Å². The van der Waals surface area contributed by atoms with Crippen LogP contribution in [-0.2, 0) is 4.74 Å². The third-order valence-corrected chi connectivity index (χ3v) is 2.74. The average Bonchev–Trinajstić information content (AvgIpc) is 2.30. The Morgan fingerprint density at radius 3 is 2.64 bits per heavy atom. The third-order valence-electron chi connectivity index (χ3n) is 1.86. The molecular formula is C9H17IN2O2. The van der Waals surface area contributed by atoms with E-state index in [0.717, 1.165) is 19.5 Å². The van der Waals surface area contributed by atoms with Crippen LogP contribution in [0.25, 0.3) is 0 Å². The molecule has 0 aliphatic carbocycles. The first-order valence-corrected chi connectivity index (χ1v) is 5.73. The molecule has 1 amide bonds. The van der Waals surface area contributed by atoms with Gasteiger partial charge in [0.05, 0.1) is 0 Å². The van der Waals surface area contributed by atoms with Gasteiger partial charge >= 0.3 is 6.09 Å². The van der Waals surface area contributed by atoms with E-state index < -0.39 is 5.60 Å². The van der Waals surface area contributed by atoms with Crippen molar-refractivity contribution < 1.29 is 9.53 Å². The molecule has 1 rings (SSSR count). The minimum absolute atomic E-state index is 0.238. The lowest BCUT2D eigenvalue weighted by Crippen LogP contribution is -2.39. The summed E-state index contributed by atoms with van der Waals surface area (Å²) in [4.78, 5) is 11.4. The Morgan fingerprint density at radius 2 is 2.21 bits per heavy atom. The smallest absolute Gasteiger partial charge is 0.407 e. The fourth-order valence-electron chi connectivity index (χ4n) is 1.31. The second-order valence-corrected chi connectivity index (χ2v) is 5.87. The Labute approximate surface area is 98.9 Å². The summed E-state index contributed by atoms with van der Waals surface area (Å²) < 4.78 is 7.33. The van der Waals surface area contributed by atoms with Crippen molar-refractivity contribution >= 4 is 29.0 Å². The van der Waals surface area contributed by atoms with Gasteiger partial charge in [-0.2, -0.15) is 0 Å². The molecule has 5 heteroatoms. The summed E-state index contributed by atoms with van der Waals surface area (Å²) in [5, 5.41) is 2.86. The van der Waals surface area contributed by atoms with E-state index in [-0.39, 0.29) is 12.1 Å². The van der Waals surface area contributed by atoms with Crippen molar-refractivity contribution in [2.24, 2.45) is 0 Å². The molecule has 1 atom stereocenters. The maximum Gasteiger partial charge on any atom is 0.407 e. The molecule has 1 unspecified atom stereocenters. The Kier molecular flexibility index (Phi) is 4.00. The topological polar surface area (TPSA) is 41.6 Å². The van der Waals surface area contributed by atoms with Crippen LogP contribution in [0.3, 0.4) is 0 Å². The van der Waals surface area contributed by atoms with E-state index in [2.05, 4.69) is 31.3 Å². The van der Waals surface area contributed by atoms with Crippen LogP contribution in [0, 0.1) is 0 Å². The number of nitrogens with zero attached hydrogens (tertiary/aromatic N) is 1. The van der Waals surface area contributed by atoms with Crippen molar-refractivity contribution in [3.8, 4) is 0 Å². The third kappa shape index (κ3) is 4.45. The van der Waals surface area contributed by atoms with Gasteiger partial charge in [-0.05, 0) is 27.2 Å². The molecule has 1 heterocycles. The molecule has 82 valence electrons. The van der Waals surface area contributed by atoms with E-state index in [0.29, 0.717) is 0 Å². The van der Waals surface area contributed by atoms with E-state index in [9.17, 15) is 4.79 Å². The van der Waals surface area contributed by atoms with E-state index in [1.807, 2.05) is 20.8 Å². The zero-order valence-electron chi connectivity index (χ0n) is 8.84. The normalized spacial score (nSPS) is 23.6. The summed E-state index contributed by atoms with van der Waals surface area (Å²) in [5.74, 6) is 0. The molecule has 1 aliphatic rings. The molecule has 0 bridgehead atoms. The average molecular weight is 312 g/mol. The zero-order valence-corrected chi connectivity index (χ0v) is 11.0. The van der Waals surface area contributed by atoms with Crippen LogP contribution >= 0.6 is 22.9 Å². The summed E-state index contributed by atoms with van der Waals surface area (Å²) in [5.41, 5.74) is -0.410.